The van der Waals surface area contributed by atoms with Crippen LogP contribution in [-0.4, -0.2) is 13.1 Å². The summed E-state index contributed by atoms with van der Waals surface area (Å²) >= 11 is 5.91. The molecule has 0 saturated heterocycles. The van der Waals surface area contributed by atoms with Crippen LogP contribution in [0.3, 0.4) is 0 Å². The molecule has 0 heterocycles. The SMILES string of the molecule is COC(=O)c1ccc(COc2ccc(C[NH2+]Cc3ccc(Cl)cc3)cc2)cc1. The van der Waals surface area contributed by atoms with Crippen molar-refractivity contribution < 1.29 is 19.6 Å². The highest BCUT2D eigenvalue weighted by atomic mass is 35.5. The normalized spacial score (nSPS) is 10.5. The van der Waals surface area contributed by atoms with Crippen LogP contribution < -0.4 is 10.1 Å². The Balaban J connectivity index is 1.45. The van der Waals surface area contributed by atoms with Gasteiger partial charge in [0.1, 0.15) is 25.4 Å². The zero-order chi connectivity index (χ0) is 19.8. The average Bonchev–Trinajstić information content (AvgIpc) is 2.74. The van der Waals surface area contributed by atoms with Gasteiger partial charge in [0, 0.05) is 16.1 Å². The van der Waals surface area contributed by atoms with E-state index in [1.807, 2.05) is 48.5 Å². The largest absolute Gasteiger partial charge is 0.489 e. The van der Waals surface area contributed by atoms with Gasteiger partial charge in [0.2, 0.25) is 0 Å². The van der Waals surface area contributed by atoms with Gasteiger partial charge >= 0.3 is 5.97 Å². The lowest BCUT2D eigenvalue weighted by Crippen LogP contribution is -2.80. The molecule has 144 valence electrons. The predicted octanol–water partition coefficient (Wildman–Crippen LogP) is 3.97. The number of halogens is 1. The molecule has 0 saturated carbocycles. The maximum absolute atomic E-state index is 11.4. The van der Waals surface area contributed by atoms with E-state index in [0.29, 0.717) is 12.2 Å². The number of rotatable bonds is 8. The van der Waals surface area contributed by atoms with Crippen molar-refractivity contribution >= 4 is 17.6 Å². The van der Waals surface area contributed by atoms with Crippen molar-refractivity contribution in [3.05, 3.63) is 100 Å². The molecule has 0 amide bonds. The fourth-order valence-electron chi connectivity index (χ4n) is 2.77. The molecule has 0 aliphatic heterocycles. The zero-order valence-corrected chi connectivity index (χ0v) is 16.5. The molecule has 0 spiro atoms. The first-order valence-corrected chi connectivity index (χ1v) is 9.47. The highest BCUT2D eigenvalue weighted by Crippen LogP contribution is 2.15. The number of hydrogen-bond acceptors (Lipinski definition) is 3. The van der Waals surface area contributed by atoms with E-state index in [1.165, 1.54) is 18.2 Å². The highest BCUT2D eigenvalue weighted by Gasteiger charge is 2.05. The summed E-state index contributed by atoms with van der Waals surface area (Å²) in [6.07, 6.45) is 0. The van der Waals surface area contributed by atoms with E-state index in [1.54, 1.807) is 12.1 Å². The van der Waals surface area contributed by atoms with E-state index < -0.39 is 0 Å². The molecule has 4 nitrogen and oxygen atoms in total. The molecule has 0 fully saturated rings. The third-order valence-corrected chi connectivity index (χ3v) is 4.63. The fourth-order valence-corrected chi connectivity index (χ4v) is 2.90. The first-order chi connectivity index (χ1) is 13.6. The first-order valence-electron chi connectivity index (χ1n) is 9.09. The number of esters is 1. The minimum atomic E-state index is -0.337. The van der Waals surface area contributed by atoms with Gasteiger partial charge in [-0.3, -0.25) is 0 Å². The van der Waals surface area contributed by atoms with Crippen LogP contribution in [0.25, 0.3) is 0 Å². The van der Waals surface area contributed by atoms with Gasteiger partial charge in [0.25, 0.3) is 0 Å². The van der Waals surface area contributed by atoms with Crippen LogP contribution in [0, 0.1) is 0 Å². The van der Waals surface area contributed by atoms with Gasteiger partial charge in [-0.2, -0.15) is 0 Å². The van der Waals surface area contributed by atoms with E-state index in [4.69, 9.17) is 21.1 Å². The molecule has 0 aliphatic carbocycles. The average molecular weight is 397 g/mol. The van der Waals surface area contributed by atoms with Crippen LogP contribution in [0.2, 0.25) is 5.02 Å². The van der Waals surface area contributed by atoms with Gasteiger partial charge < -0.3 is 14.8 Å². The number of ether oxygens (including phenoxy) is 2. The molecular weight excluding hydrogens is 374 g/mol. The quantitative estimate of drug-likeness (QED) is 0.586. The molecule has 3 rings (SSSR count). The van der Waals surface area contributed by atoms with Gasteiger partial charge in [-0.05, 0) is 54.1 Å². The summed E-state index contributed by atoms with van der Waals surface area (Å²) in [4.78, 5) is 11.4. The minimum Gasteiger partial charge on any atom is -0.489 e. The molecule has 5 heteroatoms. The second-order valence-electron chi connectivity index (χ2n) is 6.44. The summed E-state index contributed by atoms with van der Waals surface area (Å²) in [5, 5.41) is 3.01. The maximum Gasteiger partial charge on any atom is 0.337 e. The molecule has 3 aromatic rings. The molecule has 28 heavy (non-hydrogen) atoms. The van der Waals surface area contributed by atoms with E-state index in [0.717, 1.165) is 29.4 Å². The molecule has 0 radical (unpaired) electrons. The van der Waals surface area contributed by atoms with Crippen LogP contribution >= 0.6 is 11.6 Å². The maximum atomic E-state index is 11.4. The van der Waals surface area contributed by atoms with Gasteiger partial charge in [-0.25, -0.2) is 4.79 Å². The predicted molar refractivity (Wildman–Crippen MR) is 109 cm³/mol. The van der Waals surface area contributed by atoms with Crippen molar-refractivity contribution in [2.45, 2.75) is 19.7 Å². The summed E-state index contributed by atoms with van der Waals surface area (Å²) in [5.41, 5.74) is 4.02. The van der Waals surface area contributed by atoms with Gasteiger partial charge in [0.15, 0.2) is 0 Å². The van der Waals surface area contributed by atoms with Crippen molar-refractivity contribution in [3.63, 3.8) is 0 Å². The molecule has 0 aromatic heterocycles. The summed E-state index contributed by atoms with van der Waals surface area (Å²) in [5.74, 6) is 0.481. The second-order valence-corrected chi connectivity index (χ2v) is 6.88. The van der Waals surface area contributed by atoms with Gasteiger partial charge in [0.05, 0.1) is 12.7 Å². The first kappa shape index (κ1) is 19.9. The van der Waals surface area contributed by atoms with E-state index in [2.05, 4.69) is 17.4 Å². The van der Waals surface area contributed by atoms with Crippen LogP contribution in [0.1, 0.15) is 27.0 Å². The van der Waals surface area contributed by atoms with Crippen molar-refractivity contribution in [1.29, 1.82) is 0 Å². The van der Waals surface area contributed by atoms with Crippen LogP contribution in [-0.2, 0) is 24.4 Å². The Labute approximate surface area is 170 Å². The Morgan fingerprint density at radius 1 is 0.821 bits per heavy atom. The summed E-state index contributed by atoms with van der Waals surface area (Å²) < 4.78 is 10.5. The lowest BCUT2D eigenvalue weighted by molar-refractivity contribution is -0.686. The van der Waals surface area contributed by atoms with Crippen LogP contribution in [0.4, 0.5) is 0 Å². The number of carbonyl (C=O) groups excluding carboxylic acids is 1. The Hall–Kier alpha value is -2.82. The fraction of sp³-hybridized carbons (Fsp3) is 0.174. The standard InChI is InChI=1S/C23H22ClNO3/c1-27-23(26)20-8-2-19(3-9-20)16-28-22-12-6-18(7-13-22)15-25-14-17-4-10-21(24)11-5-17/h2-13,25H,14-16H2,1H3/p+1. The molecule has 0 bridgehead atoms. The molecule has 3 aromatic carbocycles. The van der Waals surface area contributed by atoms with Crippen LogP contribution in [0.15, 0.2) is 72.8 Å². The van der Waals surface area contributed by atoms with Crippen molar-refractivity contribution in [2.24, 2.45) is 0 Å². The number of quaternary nitrogens is 1. The molecule has 0 atom stereocenters. The molecule has 2 N–H and O–H groups in total. The third-order valence-electron chi connectivity index (χ3n) is 4.38. The smallest absolute Gasteiger partial charge is 0.337 e. The molecular formula is C23H23ClNO3+. The zero-order valence-electron chi connectivity index (χ0n) is 15.7. The molecule has 0 aliphatic rings. The number of methoxy groups -OCH3 is 1. The number of benzene rings is 3. The van der Waals surface area contributed by atoms with E-state index >= 15 is 0 Å². The van der Waals surface area contributed by atoms with Crippen molar-refractivity contribution in [1.82, 2.24) is 0 Å². The van der Waals surface area contributed by atoms with Crippen LogP contribution in [0.5, 0.6) is 5.75 Å². The number of nitrogens with two attached hydrogens (primary N) is 1. The Morgan fingerprint density at radius 3 is 1.93 bits per heavy atom. The third kappa shape index (κ3) is 5.84. The summed E-state index contributed by atoms with van der Waals surface area (Å²) in [6.45, 7) is 2.26. The lowest BCUT2D eigenvalue weighted by atomic mass is 10.1. The lowest BCUT2D eigenvalue weighted by Gasteiger charge is -2.08. The highest BCUT2D eigenvalue weighted by molar-refractivity contribution is 6.30. The van der Waals surface area contributed by atoms with E-state index in [-0.39, 0.29) is 5.97 Å². The van der Waals surface area contributed by atoms with Gasteiger partial charge in [-0.15, -0.1) is 0 Å². The molecule has 0 unspecified atom stereocenters. The number of carbonyl (C=O) groups is 1. The van der Waals surface area contributed by atoms with E-state index in [9.17, 15) is 4.79 Å². The van der Waals surface area contributed by atoms with Crippen molar-refractivity contribution in [2.75, 3.05) is 7.11 Å². The summed E-state index contributed by atoms with van der Waals surface area (Å²) in [7, 11) is 1.37. The topological polar surface area (TPSA) is 52.1 Å². The Bertz CT molecular complexity index is 891. The second kappa shape index (κ2) is 9.93. The monoisotopic (exact) mass is 396 g/mol. The number of hydrogen-bond donors (Lipinski definition) is 1. The van der Waals surface area contributed by atoms with Gasteiger partial charge in [-0.1, -0.05) is 35.9 Å². The van der Waals surface area contributed by atoms with Crippen molar-refractivity contribution in [3.8, 4) is 5.75 Å². The Morgan fingerprint density at radius 2 is 1.36 bits per heavy atom. The Kier molecular flexibility index (Phi) is 7.06. The minimum absolute atomic E-state index is 0.337. The summed E-state index contributed by atoms with van der Waals surface area (Å²) in [6, 6.07) is 23.3.